The number of unbranched alkanes of at least 4 members (excludes halogenated alkanes) is 1. The number of carbonyl (C=O) groups is 1. The minimum Gasteiger partial charge on any atom is -0.476 e. The van der Waals surface area contributed by atoms with Crippen LogP contribution in [-0.4, -0.2) is 50.8 Å². The van der Waals surface area contributed by atoms with E-state index in [-0.39, 0.29) is 17.2 Å². The molecule has 0 radical (unpaired) electrons. The molecule has 3 unspecified atom stereocenters. The van der Waals surface area contributed by atoms with E-state index in [1.54, 1.807) is 17.1 Å². The molecular formula is C26H36ClNO4S3. The van der Waals surface area contributed by atoms with Crippen LogP contribution in [0.25, 0.3) is 0 Å². The zero-order valence-electron chi connectivity index (χ0n) is 20.4. The summed E-state index contributed by atoms with van der Waals surface area (Å²) < 4.78 is 6.98. The number of benzene rings is 1. The summed E-state index contributed by atoms with van der Waals surface area (Å²) in [5, 5.41) is 20.9. The maximum absolute atomic E-state index is 11.1. The van der Waals surface area contributed by atoms with Gasteiger partial charge in [-0.1, -0.05) is 50.6 Å². The lowest BCUT2D eigenvalue weighted by Crippen LogP contribution is -2.25. The number of halogens is 1. The van der Waals surface area contributed by atoms with E-state index < -0.39 is 12.1 Å². The topological polar surface area (TPSA) is 79.7 Å². The third-order valence-electron chi connectivity index (χ3n) is 6.42. The Morgan fingerprint density at radius 3 is 2.69 bits per heavy atom. The van der Waals surface area contributed by atoms with Crippen molar-refractivity contribution in [3.8, 4) is 0 Å². The van der Waals surface area contributed by atoms with Crippen molar-refractivity contribution in [3.05, 3.63) is 40.9 Å². The van der Waals surface area contributed by atoms with Crippen LogP contribution in [0, 0.1) is 11.8 Å². The monoisotopic (exact) mass is 557 g/mol. The van der Waals surface area contributed by atoms with Gasteiger partial charge in [0.1, 0.15) is 0 Å². The molecule has 9 heteroatoms. The number of carboxylic acid groups (broad SMARTS) is 1. The van der Waals surface area contributed by atoms with E-state index in [0.717, 1.165) is 66.5 Å². The van der Waals surface area contributed by atoms with Crippen molar-refractivity contribution in [2.75, 3.05) is 18.1 Å². The van der Waals surface area contributed by atoms with Gasteiger partial charge >= 0.3 is 5.97 Å². The number of aromatic carboxylic acids is 1. The number of thiazole rings is 1. The predicted molar refractivity (Wildman–Crippen MR) is 147 cm³/mol. The van der Waals surface area contributed by atoms with E-state index in [1.807, 2.05) is 23.9 Å². The number of hydrogen-bond donors (Lipinski definition) is 2. The lowest BCUT2D eigenvalue weighted by Gasteiger charge is -2.22. The maximum atomic E-state index is 11.1. The second-order valence-corrected chi connectivity index (χ2v) is 12.8. The van der Waals surface area contributed by atoms with Crippen molar-refractivity contribution in [2.24, 2.45) is 11.8 Å². The zero-order chi connectivity index (χ0) is 25.2. The first kappa shape index (κ1) is 28.8. The van der Waals surface area contributed by atoms with Gasteiger partial charge in [0, 0.05) is 28.4 Å². The molecule has 0 spiro atoms. The smallest absolute Gasteiger partial charge is 0.355 e. The molecule has 0 bridgehead atoms. The molecule has 0 saturated heterocycles. The second-order valence-electron chi connectivity index (χ2n) is 8.99. The molecule has 35 heavy (non-hydrogen) atoms. The summed E-state index contributed by atoms with van der Waals surface area (Å²) in [6, 6.07) is 8.25. The van der Waals surface area contributed by atoms with Gasteiger partial charge in [-0.25, -0.2) is 9.78 Å². The van der Waals surface area contributed by atoms with E-state index >= 15 is 0 Å². The summed E-state index contributed by atoms with van der Waals surface area (Å²) in [6.45, 7) is 5.00. The fourth-order valence-electron chi connectivity index (χ4n) is 4.38. The molecule has 2 N–H and O–H groups in total. The molecule has 5 nitrogen and oxygen atoms in total. The average Bonchev–Trinajstić information content (AvgIpc) is 3.44. The molecule has 2 aromatic rings. The largest absolute Gasteiger partial charge is 0.476 e. The fraction of sp³-hybridized carbons (Fsp3) is 0.615. The third kappa shape index (κ3) is 8.64. The van der Waals surface area contributed by atoms with Gasteiger partial charge in [0.25, 0.3) is 0 Å². The first-order chi connectivity index (χ1) is 16.9. The Hall–Kier alpha value is -0.770. The van der Waals surface area contributed by atoms with Crippen LogP contribution in [0.4, 0.5) is 0 Å². The van der Waals surface area contributed by atoms with Gasteiger partial charge in [-0.2, -0.15) is 0 Å². The highest BCUT2D eigenvalue weighted by Gasteiger charge is 2.42. The average molecular weight is 558 g/mol. The highest BCUT2D eigenvalue weighted by molar-refractivity contribution is 8.01. The molecule has 1 aromatic heterocycles. The van der Waals surface area contributed by atoms with Crippen LogP contribution >= 0.6 is 46.5 Å². The van der Waals surface area contributed by atoms with Crippen LogP contribution in [0.1, 0.15) is 74.5 Å². The van der Waals surface area contributed by atoms with Crippen LogP contribution in [-0.2, 0) is 4.74 Å². The number of ether oxygens (including phenoxy) is 1. The summed E-state index contributed by atoms with van der Waals surface area (Å²) >= 11 is 11.8. The number of alkyl halides is 1. The highest BCUT2D eigenvalue weighted by Crippen LogP contribution is 2.43. The Balaban J connectivity index is 1.58. The summed E-state index contributed by atoms with van der Waals surface area (Å²) in [4.78, 5) is 16.5. The summed E-state index contributed by atoms with van der Waals surface area (Å²) in [5.74, 6) is 1.62. The Labute approximate surface area is 226 Å². The van der Waals surface area contributed by atoms with Gasteiger partial charge < -0.3 is 14.9 Å². The van der Waals surface area contributed by atoms with Crippen LogP contribution in [0.5, 0.6) is 0 Å². The van der Waals surface area contributed by atoms with Gasteiger partial charge in [0.05, 0.1) is 17.6 Å². The minimum atomic E-state index is -0.981. The molecule has 1 aromatic carbocycles. The van der Waals surface area contributed by atoms with E-state index in [4.69, 9.17) is 21.4 Å². The number of hydrogen-bond acceptors (Lipinski definition) is 7. The second kappa shape index (κ2) is 14.8. The van der Waals surface area contributed by atoms with E-state index in [2.05, 4.69) is 31.0 Å². The van der Waals surface area contributed by atoms with Crippen LogP contribution < -0.4 is 0 Å². The highest BCUT2D eigenvalue weighted by atomic mass is 35.5. The number of rotatable bonds is 15. The standard InChI is InChI=1S/C26H36ClNO4S3/c1-3-5-12-32-23-14-18(11-13-33-26-28-21(16-35-26)25(30)31)20(24(23)27)15-34-19-9-7-17(8-10-19)22(29)6-4-2/h7-10,16,18,20,22-24,29H,3-6,11-15H2,1-2H3,(H,30,31)/t18-,20+,22?,23?,24?/m0/s1. The van der Waals surface area contributed by atoms with Crippen molar-refractivity contribution < 1.29 is 19.7 Å². The Kier molecular flexibility index (Phi) is 12.2. The quantitative estimate of drug-likeness (QED) is 0.134. The summed E-state index contributed by atoms with van der Waals surface area (Å²) in [6.07, 6.45) is 5.53. The molecule has 1 fully saturated rings. The van der Waals surface area contributed by atoms with Crippen LogP contribution in [0.2, 0.25) is 0 Å². The molecule has 3 rings (SSSR count). The first-order valence-electron chi connectivity index (χ1n) is 12.4. The van der Waals surface area contributed by atoms with E-state index in [0.29, 0.717) is 11.8 Å². The van der Waals surface area contributed by atoms with E-state index in [1.165, 1.54) is 16.2 Å². The molecule has 0 aliphatic heterocycles. The van der Waals surface area contributed by atoms with Crippen molar-refractivity contribution in [1.82, 2.24) is 4.98 Å². The summed E-state index contributed by atoms with van der Waals surface area (Å²) in [7, 11) is 0. The number of aliphatic hydroxyl groups is 1. The lowest BCUT2D eigenvalue weighted by molar-refractivity contribution is 0.0545. The normalized spacial score (nSPS) is 23.0. The maximum Gasteiger partial charge on any atom is 0.355 e. The van der Waals surface area contributed by atoms with Crippen molar-refractivity contribution in [1.29, 1.82) is 0 Å². The third-order valence-corrected chi connectivity index (χ3v) is 10.2. The zero-order valence-corrected chi connectivity index (χ0v) is 23.6. The molecule has 1 heterocycles. The molecule has 0 amide bonds. The van der Waals surface area contributed by atoms with Gasteiger partial charge in [-0.05, 0) is 55.2 Å². The molecular weight excluding hydrogens is 522 g/mol. The number of nitrogens with zero attached hydrogens (tertiary/aromatic N) is 1. The fourth-order valence-corrected chi connectivity index (χ4v) is 8.09. The summed E-state index contributed by atoms with van der Waals surface area (Å²) in [5.41, 5.74) is 1.09. The Bertz CT molecular complexity index is 910. The van der Waals surface area contributed by atoms with Crippen molar-refractivity contribution >= 4 is 52.4 Å². The van der Waals surface area contributed by atoms with Gasteiger partial charge in [-0.3, -0.25) is 0 Å². The molecule has 1 aliphatic carbocycles. The van der Waals surface area contributed by atoms with Gasteiger partial charge in [0.2, 0.25) is 0 Å². The van der Waals surface area contributed by atoms with Crippen LogP contribution in [0.3, 0.4) is 0 Å². The molecule has 5 atom stereocenters. The Morgan fingerprint density at radius 2 is 2.03 bits per heavy atom. The van der Waals surface area contributed by atoms with E-state index in [9.17, 15) is 9.90 Å². The predicted octanol–water partition coefficient (Wildman–Crippen LogP) is 7.38. The molecule has 1 aliphatic rings. The first-order valence-corrected chi connectivity index (χ1v) is 15.7. The van der Waals surface area contributed by atoms with Crippen LogP contribution in [0.15, 0.2) is 38.9 Å². The number of aliphatic hydroxyl groups excluding tert-OH is 1. The van der Waals surface area contributed by atoms with Gasteiger partial charge in [-0.15, -0.1) is 34.7 Å². The SMILES string of the molecule is CCCCOC1C[C@H](CCSc2nc(C(=O)O)cs2)[C@@H](CSc2ccc(C(O)CCC)cc2)C1Cl. The number of carboxylic acids is 1. The molecule has 194 valence electrons. The minimum absolute atomic E-state index is 0.0153. The molecule has 1 saturated carbocycles. The van der Waals surface area contributed by atoms with Crippen molar-refractivity contribution in [2.45, 2.75) is 79.2 Å². The number of aromatic nitrogens is 1. The Morgan fingerprint density at radius 1 is 1.26 bits per heavy atom. The van der Waals surface area contributed by atoms with Crippen molar-refractivity contribution in [3.63, 3.8) is 0 Å². The lowest BCUT2D eigenvalue weighted by atomic mass is 9.95. The van der Waals surface area contributed by atoms with Gasteiger partial charge in [0.15, 0.2) is 10.0 Å². The number of thioether (sulfide) groups is 2.